The second-order valence-electron chi connectivity index (χ2n) is 4.42. The highest BCUT2D eigenvalue weighted by molar-refractivity contribution is 5.88. The Morgan fingerprint density at radius 1 is 1.27 bits per heavy atom. The Labute approximate surface area is 91.7 Å². The molecule has 0 saturated carbocycles. The normalized spacial score (nSPS) is 33.0. The molecule has 15 heavy (non-hydrogen) atoms. The summed E-state index contributed by atoms with van der Waals surface area (Å²) in [5, 5.41) is 0. The van der Waals surface area contributed by atoms with E-state index >= 15 is 0 Å². The third-order valence-corrected chi connectivity index (χ3v) is 3.34. The summed E-state index contributed by atoms with van der Waals surface area (Å²) < 4.78 is 0. The number of piperazine rings is 1. The molecule has 0 aliphatic carbocycles. The van der Waals surface area contributed by atoms with Gasteiger partial charge in [-0.1, -0.05) is 0 Å². The van der Waals surface area contributed by atoms with Crippen molar-refractivity contribution < 1.29 is 0 Å². The van der Waals surface area contributed by atoms with E-state index in [0.29, 0.717) is 12.1 Å². The molecule has 0 N–H and O–H groups in total. The summed E-state index contributed by atoms with van der Waals surface area (Å²) in [5.41, 5.74) is 0. The van der Waals surface area contributed by atoms with Gasteiger partial charge >= 0.3 is 0 Å². The molecule has 0 aromatic rings. The number of aliphatic imine (C=N–C) groups is 2. The molecule has 84 valence electrons. The van der Waals surface area contributed by atoms with Crippen LogP contribution in [0.3, 0.4) is 0 Å². The minimum Gasteiger partial charge on any atom is -0.333 e. The standard InChI is InChI=1S/C11H20N4/c1-4-13-11(12-2)15-9-5-6-10(15)8-14(3)7-9/h4,9-10H,5-8H2,1-3H3. The highest BCUT2D eigenvalue weighted by Gasteiger charge is 2.40. The van der Waals surface area contributed by atoms with Gasteiger partial charge in [-0.2, -0.15) is 0 Å². The van der Waals surface area contributed by atoms with Crippen LogP contribution in [0, 0.1) is 0 Å². The van der Waals surface area contributed by atoms with Crippen molar-refractivity contribution in [3.63, 3.8) is 0 Å². The molecule has 4 nitrogen and oxygen atoms in total. The molecule has 2 rings (SSSR count). The smallest absolute Gasteiger partial charge is 0.220 e. The average Bonchev–Trinajstić information content (AvgIpc) is 2.47. The molecule has 2 fully saturated rings. The fourth-order valence-electron chi connectivity index (χ4n) is 2.80. The first-order chi connectivity index (χ1) is 7.26. The SMILES string of the molecule is CC=NC(=NC)N1C2CCC1CN(C)C2. The second-order valence-corrected chi connectivity index (χ2v) is 4.42. The predicted octanol–water partition coefficient (Wildman–Crippen LogP) is 0.841. The van der Waals surface area contributed by atoms with Gasteiger partial charge in [0.05, 0.1) is 0 Å². The lowest BCUT2D eigenvalue weighted by molar-refractivity contribution is 0.143. The van der Waals surface area contributed by atoms with Crippen molar-refractivity contribution in [1.82, 2.24) is 9.80 Å². The molecule has 0 radical (unpaired) electrons. The predicted molar refractivity (Wildman–Crippen MR) is 63.7 cm³/mol. The van der Waals surface area contributed by atoms with Crippen LogP contribution in [0.5, 0.6) is 0 Å². The van der Waals surface area contributed by atoms with Crippen molar-refractivity contribution in [2.45, 2.75) is 31.8 Å². The Balaban J connectivity index is 2.17. The van der Waals surface area contributed by atoms with E-state index in [1.807, 2.05) is 20.2 Å². The van der Waals surface area contributed by atoms with Crippen LogP contribution >= 0.6 is 0 Å². The van der Waals surface area contributed by atoms with Crippen LogP contribution in [0.15, 0.2) is 9.98 Å². The van der Waals surface area contributed by atoms with Gasteiger partial charge in [0.1, 0.15) is 0 Å². The van der Waals surface area contributed by atoms with E-state index in [1.54, 1.807) is 0 Å². The summed E-state index contributed by atoms with van der Waals surface area (Å²) in [7, 11) is 4.04. The number of fused-ring (bicyclic) bond motifs is 2. The summed E-state index contributed by atoms with van der Waals surface area (Å²) >= 11 is 0. The fourth-order valence-corrected chi connectivity index (χ4v) is 2.80. The van der Waals surface area contributed by atoms with Gasteiger partial charge in [0, 0.05) is 38.4 Å². The van der Waals surface area contributed by atoms with Gasteiger partial charge in [0.2, 0.25) is 5.96 Å². The minimum absolute atomic E-state index is 0.621. The van der Waals surface area contributed by atoms with Crippen molar-refractivity contribution in [2.75, 3.05) is 27.2 Å². The highest BCUT2D eigenvalue weighted by Crippen LogP contribution is 2.29. The molecule has 2 saturated heterocycles. The summed E-state index contributed by atoms with van der Waals surface area (Å²) in [6.07, 6.45) is 4.40. The molecule has 2 aliphatic rings. The lowest BCUT2D eigenvalue weighted by Crippen LogP contribution is -2.54. The maximum atomic E-state index is 4.36. The number of rotatable bonds is 0. The maximum absolute atomic E-state index is 4.36. The van der Waals surface area contributed by atoms with Gasteiger partial charge in [0.25, 0.3) is 0 Å². The van der Waals surface area contributed by atoms with Gasteiger partial charge in [-0.25, -0.2) is 4.99 Å². The van der Waals surface area contributed by atoms with Gasteiger partial charge in [-0.3, -0.25) is 4.99 Å². The Kier molecular flexibility index (Phi) is 3.05. The molecule has 0 aromatic carbocycles. The van der Waals surface area contributed by atoms with Crippen LogP contribution in [0.25, 0.3) is 0 Å². The average molecular weight is 208 g/mol. The zero-order valence-electron chi connectivity index (χ0n) is 9.85. The summed E-state index contributed by atoms with van der Waals surface area (Å²) in [6, 6.07) is 1.24. The van der Waals surface area contributed by atoms with E-state index in [2.05, 4.69) is 26.8 Å². The molecule has 0 aromatic heterocycles. The summed E-state index contributed by atoms with van der Waals surface area (Å²) in [4.78, 5) is 13.5. The van der Waals surface area contributed by atoms with Crippen LogP contribution in [0.2, 0.25) is 0 Å². The second kappa shape index (κ2) is 4.31. The van der Waals surface area contributed by atoms with Crippen LogP contribution in [-0.2, 0) is 0 Å². The molecule has 2 aliphatic heterocycles. The highest BCUT2D eigenvalue weighted by atomic mass is 15.4. The van der Waals surface area contributed by atoms with Crippen molar-refractivity contribution in [3.8, 4) is 0 Å². The van der Waals surface area contributed by atoms with Gasteiger partial charge < -0.3 is 9.80 Å². The minimum atomic E-state index is 0.621. The fraction of sp³-hybridized carbons (Fsp3) is 0.818. The van der Waals surface area contributed by atoms with Crippen LogP contribution in [0.4, 0.5) is 0 Å². The molecule has 2 atom stereocenters. The molecule has 2 unspecified atom stereocenters. The number of nitrogens with zero attached hydrogens (tertiary/aromatic N) is 4. The Hall–Kier alpha value is -0.900. The zero-order valence-corrected chi connectivity index (χ0v) is 9.85. The van der Waals surface area contributed by atoms with E-state index in [4.69, 9.17) is 0 Å². The lowest BCUT2D eigenvalue weighted by atomic mass is 10.2. The first-order valence-corrected chi connectivity index (χ1v) is 5.68. The van der Waals surface area contributed by atoms with E-state index in [9.17, 15) is 0 Å². The number of likely N-dealkylation sites (N-methyl/N-ethyl adjacent to an activating group) is 1. The first-order valence-electron chi connectivity index (χ1n) is 5.68. The maximum Gasteiger partial charge on any atom is 0.220 e. The lowest BCUT2D eigenvalue weighted by Gasteiger charge is -2.39. The molecule has 4 heteroatoms. The third kappa shape index (κ3) is 1.91. The molecule has 0 spiro atoms. The number of hydrogen-bond donors (Lipinski definition) is 0. The number of guanidine groups is 1. The van der Waals surface area contributed by atoms with Gasteiger partial charge in [-0.05, 0) is 26.8 Å². The molecule has 2 heterocycles. The Morgan fingerprint density at radius 2 is 1.87 bits per heavy atom. The monoisotopic (exact) mass is 208 g/mol. The molecular weight excluding hydrogens is 188 g/mol. The quantitative estimate of drug-likeness (QED) is 0.436. The van der Waals surface area contributed by atoms with Crippen LogP contribution in [0.1, 0.15) is 19.8 Å². The van der Waals surface area contributed by atoms with Gasteiger partial charge in [-0.15, -0.1) is 0 Å². The zero-order chi connectivity index (χ0) is 10.8. The molecular formula is C11H20N4. The van der Waals surface area contributed by atoms with Gasteiger partial charge in [0.15, 0.2) is 0 Å². The van der Waals surface area contributed by atoms with Crippen molar-refractivity contribution >= 4 is 12.2 Å². The topological polar surface area (TPSA) is 31.2 Å². The molecule has 0 amide bonds. The van der Waals surface area contributed by atoms with E-state index < -0.39 is 0 Å². The van der Waals surface area contributed by atoms with Crippen molar-refractivity contribution in [1.29, 1.82) is 0 Å². The number of hydrogen-bond acceptors (Lipinski definition) is 2. The first kappa shape index (κ1) is 10.6. The van der Waals surface area contributed by atoms with E-state index in [-0.39, 0.29) is 0 Å². The Morgan fingerprint density at radius 3 is 2.33 bits per heavy atom. The summed E-state index contributed by atoms with van der Waals surface area (Å²) in [6.45, 7) is 4.24. The third-order valence-electron chi connectivity index (χ3n) is 3.34. The largest absolute Gasteiger partial charge is 0.333 e. The van der Waals surface area contributed by atoms with Crippen molar-refractivity contribution in [3.05, 3.63) is 0 Å². The summed E-state index contributed by atoms with van der Waals surface area (Å²) in [5.74, 6) is 0.915. The van der Waals surface area contributed by atoms with Crippen LogP contribution in [-0.4, -0.2) is 61.2 Å². The van der Waals surface area contributed by atoms with E-state index in [1.165, 1.54) is 12.8 Å². The van der Waals surface area contributed by atoms with E-state index in [0.717, 1.165) is 19.0 Å². The van der Waals surface area contributed by atoms with Crippen LogP contribution < -0.4 is 0 Å². The number of likely N-dealkylation sites (tertiary alicyclic amines) is 1. The Bertz CT molecular complexity index is 270. The molecule has 2 bridgehead atoms. The van der Waals surface area contributed by atoms with Crippen molar-refractivity contribution in [2.24, 2.45) is 9.98 Å².